The molecule has 0 saturated heterocycles. The van der Waals surface area contributed by atoms with Gasteiger partial charge >= 0.3 is 5.97 Å². The molecule has 0 fully saturated rings. The average molecular weight is 295 g/mol. The first-order valence-corrected chi connectivity index (χ1v) is 7.29. The first kappa shape index (κ1) is 14.7. The fourth-order valence-corrected chi connectivity index (χ4v) is 2.78. The number of hydrogen-bond donors (Lipinski definition) is 3. The van der Waals surface area contributed by atoms with E-state index in [0.717, 1.165) is 6.42 Å². The van der Waals surface area contributed by atoms with Crippen molar-refractivity contribution in [3.63, 3.8) is 0 Å². The molecular weight excluding hydrogens is 278 g/mol. The number of aliphatic carboxylic acids is 1. The molecule has 0 amide bonds. The number of rotatable bonds is 6. The highest BCUT2D eigenvalue weighted by molar-refractivity contribution is 7.17. The van der Waals surface area contributed by atoms with E-state index in [9.17, 15) is 14.7 Å². The van der Waals surface area contributed by atoms with Gasteiger partial charge in [0.2, 0.25) is 0 Å². The van der Waals surface area contributed by atoms with Crippen molar-refractivity contribution in [3.8, 4) is 0 Å². The Kier molecular flexibility index (Phi) is 4.20. The summed E-state index contributed by atoms with van der Waals surface area (Å²) >= 11 is 1.34. The number of aromatic amines is 1. The van der Waals surface area contributed by atoms with E-state index in [4.69, 9.17) is 0 Å². The summed E-state index contributed by atoms with van der Waals surface area (Å²) in [6, 6.07) is 1.78. The van der Waals surface area contributed by atoms with Gasteiger partial charge in [-0.3, -0.25) is 14.9 Å². The first-order valence-electron chi connectivity index (χ1n) is 6.41. The standard InChI is InChI=1S/C13H17N3O3S/c1-3-5-13(2,12(18)19)14-7-9-15-8-4-6-20-10(8)11(17)16-9/h4,6,14H,3,5,7H2,1-2H3,(H,18,19)(H,15,16,17). The second-order valence-electron chi connectivity index (χ2n) is 4.89. The number of thiophene rings is 1. The maximum absolute atomic E-state index is 11.8. The highest BCUT2D eigenvalue weighted by atomic mass is 32.1. The number of nitrogens with one attached hydrogen (secondary N) is 2. The van der Waals surface area contributed by atoms with E-state index in [1.807, 2.05) is 12.3 Å². The summed E-state index contributed by atoms with van der Waals surface area (Å²) in [5.74, 6) is -0.456. The molecule has 0 bridgehead atoms. The molecule has 1 unspecified atom stereocenters. The van der Waals surface area contributed by atoms with Crippen LogP contribution in [0.5, 0.6) is 0 Å². The van der Waals surface area contributed by atoms with Crippen LogP contribution in [0.15, 0.2) is 16.2 Å². The third kappa shape index (κ3) is 2.88. The molecule has 0 radical (unpaired) electrons. The highest BCUT2D eigenvalue weighted by Crippen LogP contribution is 2.15. The third-order valence-corrected chi connectivity index (χ3v) is 4.13. The zero-order valence-electron chi connectivity index (χ0n) is 11.4. The Morgan fingerprint density at radius 2 is 2.35 bits per heavy atom. The van der Waals surface area contributed by atoms with Crippen LogP contribution in [-0.4, -0.2) is 26.6 Å². The second-order valence-corrected chi connectivity index (χ2v) is 5.80. The molecule has 1 atom stereocenters. The minimum atomic E-state index is -1.02. The van der Waals surface area contributed by atoms with Crippen molar-refractivity contribution in [3.05, 3.63) is 27.6 Å². The van der Waals surface area contributed by atoms with Crippen molar-refractivity contribution >= 4 is 27.5 Å². The molecule has 0 aromatic carbocycles. The number of nitrogens with zero attached hydrogens (tertiary/aromatic N) is 1. The molecule has 2 aromatic rings. The lowest BCUT2D eigenvalue weighted by Crippen LogP contribution is -2.49. The van der Waals surface area contributed by atoms with Crippen LogP contribution in [0.25, 0.3) is 10.2 Å². The van der Waals surface area contributed by atoms with Gasteiger partial charge in [0.15, 0.2) is 0 Å². The maximum Gasteiger partial charge on any atom is 0.323 e. The van der Waals surface area contributed by atoms with E-state index >= 15 is 0 Å². The number of carboxylic acids is 1. The molecule has 2 aromatic heterocycles. The fraction of sp³-hybridized carbons (Fsp3) is 0.462. The van der Waals surface area contributed by atoms with Crippen molar-refractivity contribution in [2.45, 2.75) is 38.8 Å². The summed E-state index contributed by atoms with van der Waals surface area (Å²) in [7, 11) is 0. The predicted molar refractivity (Wildman–Crippen MR) is 78.0 cm³/mol. The number of carbonyl (C=O) groups is 1. The second kappa shape index (κ2) is 5.72. The Morgan fingerprint density at radius 3 is 3.00 bits per heavy atom. The Bertz CT molecular complexity index is 679. The van der Waals surface area contributed by atoms with Gasteiger partial charge in [-0.25, -0.2) is 4.98 Å². The molecule has 7 heteroatoms. The van der Waals surface area contributed by atoms with E-state index in [2.05, 4.69) is 15.3 Å². The molecule has 0 saturated carbocycles. The molecule has 3 N–H and O–H groups in total. The van der Waals surface area contributed by atoms with Crippen LogP contribution in [0.4, 0.5) is 0 Å². The van der Waals surface area contributed by atoms with Gasteiger partial charge in [0.1, 0.15) is 16.1 Å². The van der Waals surface area contributed by atoms with Crippen LogP contribution < -0.4 is 10.9 Å². The molecule has 0 aliphatic carbocycles. The minimum absolute atomic E-state index is 0.186. The number of H-pyrrole nitrogens is 1. The Balaban J connectivity index is 2.19. The lowest BCUT2D eigenvalue weighted by molar-refractivity contribution is -0.144. The lowest BCUT2D eigenvalue weighted by Gasteiger charge is -2.25. The zero-order valence-corrected chi connectivity index (χ0v) is 12.2. The topological polar surface area (TPSA) is 95.1 Å². The number of carboxylic acid groups (broad SMARTS) is 1. The Hall–Kier alpha value is -1.73. The van der Waals surface area contributed by atoms with E-state index in [1.54, 1.807) is 13.0 Å². The SMILES string of the molecule is CCCC(C)(NCc1nc2ccsc2c(=O)[nH]1)C(=O)O. The van der Waals surface area contributed by atoms with Gasteiger partial charge < -0.3 is 10.1 Å². The van der Waals surface area contributed by atoms with E-state index in [1.165, 1.54) is 11.3 Å². The zero-order chi connectivity index (χ0) is 14.8. The summed E-state index contributed by atoms with van der Waals surface area (Å²) in [4.78, 5) is 30.1. The highest BCUT2D eigenvalue weighted by Gasteiger charge is 2.31. The van der Waals surface area contributed by atoms with Crippen LogP contribution >= 0.6 is 11.3 Å². The quantitative estimate of drug-likeness (QED) is 0.754. The smallest absolute Gasteiger partial charge is 0.323 e. The van der Waals surface area contributed by atoms with Crippen LogP contribution in [0.2, 0.25) is 0 Å². The Morgan fingerprint density at radius 1 is 1.60 bits per heavy atom. The minimum Gasteiger partial charge on any atom is -0.480 e. The molecule has 2 heterocycles. The molecule has 0 aliphatic heterocycles. The summed E-state index contributed by atoms with van der Waals surface area (Å²) in [6.07, 6.45) is 1.26. The molecule has 108 valence electrons. The normalized spacial score (nSPS) is 14.3. The van der Waals surface area contributed by atoms with E-state index in [-0.39, 0.29) is 12.1 Å². The van der Waals surface area contributed by atoms with Crippen LogP contribution in [0, 0.1) is 0 Å². The predicted octanol–water partition coefficient (Wildman–Crippen LogP) is 1.72. The van der Waals surface area contributed by atoms with Gasteiger partial charge in [-0.15, -0.1) is 11.3 Å². The summed E-state index contributed by atoms with van der Waals surface area (Å²) < 4.78 is 0.586. The lowest BCUT2D eigenvalue weighted by atomic mass is 9.96. The van der Waals surface area contributed by atoms with Crippen LogP contribution in [-0.2, 0) is 11.3 Å². The van der Waals surface area contributed by atoms with Crippen molar-refractivity contribution in [2.75, 3.05) is 0 Å². The largest absolute Gasteiger partial charge is 0.480 e. The van der Waals surface area contributed by atoms with Crippen molar-refractivity contribution < 1.29 is 9.90 Å². The molecule has 2 rings (SSSR count). The first-order chi connectivity index (χ1) is 9.46. The van der Waals surface area contributed by atoms with Gasteiger partial charge in [-0.05, 0) is 24.8 Å². The molecule has 0 aliphatic rings. The van der Waals surface area contributed by atoms with Crippen molar-refractivity contribution in [1.82, 2.24) is 15.3 Å². The summed E-state index contributed by atoms with van der Waals surface area (Å²) in [6.45, 7) is 3.78. The number of fused-ring (bicyclic) bond motifs is 1. The van der Waals surface area contributed by atoms with Crippen LogP contribution in [0.3, 0.4) is 0 Å². The monoisotopic (exact) mass is 295 g/mol. The number of aromatic nitrogens is 2. The van der Waals surface area contributed by atoms with E-state index in [0.29, 0.717) is 22.5 Å². The Labute approximate surface area is 119 Å². The summed E-state index contributed by atoms with van der Waals surface area (Å²) in [5.41, 5.74) is -0.561. The third-order valence-electron chi connectivity index (χ3n) is 3.23. The van der Waals surface area contributed by atoms with Gasteiger partial charge in [-0.1, -0.05) is 13.3 Å². The molecular formula is C13H17N3O3S. The number of hydrogen-bond acceptors (Lipinski definition) is 5. The van der Waals surface area contributed by atoms with Gasteiger partial charge in [0.25, 0.3) is 5.56 Å². The van der Waals surface area contributed by atoms with Crippen molar-refractivity contribution in [2.24, 2.45) is 0 Å². The maximum atomic E-state index is 11.8. The molecule has 20 heavy (non-hydrogen) atoms. The van der Waals surface area contributed by atoms with Gasteiger partial charge in [0, 0.05) is 0 Å². The van der Waals surface area contributed by atoms with Gasteiger partial charge in [0.05, 0.1) is 12.1 Å². The fourth-order valence-electron chi connectivity index (χ4n) is 2.06. The van der Waals surface area contributed by atoms with Crippen LogP contribution in [0.1, 0.15) is 32.5 Å². The summed E-state index contributed by atoms with van der Waals surface area (Å²) in [5, 5.41) is 14.1. The van der Waals surface area contributed by atoms with Crippen molar-refractivity contribution in [1.29, 1.82) is 0 Å². The molecule has 6 nitrogen and oxygen atoms in total. The van der Waals surface area contributed by atoms with Gasteiger partial charge in [-0.2, -0.15) is 0 Å². The van der Waals surface area contributed by atoms with E-state index < -0.39 is 11.5 Å². The molecule has 0 spiro atoms. The average Bonchev–Trinajstić information content (AvgIpc) is 2.85.